The zero-order valence-corrected chi connectivity index (χ0v) is 19.8. The molecule has 1 amide bonds. The Labute approximate surface area is 185 Å². The van der Waals surface area contributed by atoms with Crippen molar-refractivity contribution in [1.29, 1.82) is 0 Å². The molecule has 0 bridgehead atoms. The zero-order chi connectivity index (χ0) is 22.8. The van der Waals surface area contributed by atoms with Gasteiger partial charge in [-0.25, -0.2) is 8.42 Å². The van der Waals surface area contributed by atoms with Crippen LogP contribution in [0.2, 0.25) is 0 Å². The number of benzene rings is 2. The molecule has 3 rings (SSSR count). The lowest BCUT2D eigenvalue weighted by Crippen LogP contribution is -2.42. The maximum Gasteiger partial charge on any atom is 0.251 e. The average Bonchev–Trinajstić information content (AvgIpc) is 2.75. The lowest BCUT2D eigenvalue weighted by atomic mass is 9.99. The molecule has 2 unspecified atom stereocenters. The molecule has 0 aliphatic carbocycles. The number of nitrogens with zero attached hydrogens (tertiary/aromatic N) is 1. The number of hydrogen-bond acceptors (Lipinski definition) is 4. The normalized spacial score (nSPS) is 18.4. The number of carbonyl (C=O) groups excluding carboxylic acids is 1. The van der Waals surface area contributed by atoms with Crippen molar-refractivity contribution in [2.45, 2.75) is 63.9 Å². The highest BCUT2D eigenvalue weighted by molar-refractivity contribution is 7.89. The van der Waals surface area contributed by atoms with Gasteiger partial charge < -0.3 is 10.1 Å². The van der Waals surface area contributed by atoms with Crippen molar-refractivity contribution in [3.05, 3.63) is 58.7 Å². The second kappa shape index (κ2) is 9.40. The summed E-state index contributed by atoms with van der Waals surface area (Å²) in [5.41, 5.74) is 3.55. The van der Waals surface area contributed by atoms with Crippen molar-refractivity contribution < 1.29 is 17.9 Å². The van der Waals surface area contributed by atoms with Crippen molar-refractivity contribution in [2.24, 2.45) is 0 Å². The number of sulfonamides is 1. The number of carbonyl (C=O) groups is 1. The number of methoxy groups -OCH3 is 1. The van der Waals surface area contributed by atoms with E-state index < -0.39 is 10.0 Å². The van der Waals surface area contributed by atoms with Crippen molar-refractivity contribution in [3.8, 4) is 5.75 Å². The summed E-state index contributed by atoms with van der Waals surface area (Å²) in [4.78, 5) is 13.0. The first kappa shape index (κ1) is 23.3. The Kier molecular flexibility index (Phi) is 7.06. The van der Waals surface area contributed by atoms with Gasteiger partial charge in [0.05, 0.1) is 13.2 Å². The first-order valence-corrected chi connectivity index (χ1v) is 12.2. The van der Waals surface area contributed by atoms with Gasteiger partial charge in [-0.3, -0.25) is 4.79 Å². The maximum atomic E-state index is 13.4. The minimum absolute atomic E-state index is 0.0378. The van der Waals surface area contributed by atoms with E-state index >= 15 is 0 Å². The molecule has 0 aromatic heterocycles. The van der Waals surface area contributed by atoms with Gasteiger partial charge in [-0.1, -0.05) is 30.2 Å². The summed E-state index contributed by atoms with van der Waals surface area (Å²) in [5, 5.41) is 3.00. The van der Waals surface area contributed by atoms with Crippen LogP contribution in [0.5, 0.6) is 5.75 Å². The summed E-state index contributed by atoms with van der Waals surface area (Å²) in [6.45, 7) is 8.35. The molecule has 0 saturated carbocycles. The molecule has 1 aliphatic rings. The van der Waals surface area contributed by atoms with E-state index in [1.165, 1.54) is 17.5 Å². The van der Waals surface area contributed by atoms with E-state index in [4.69, 9.17) is 4.74 Å². The quantitative estimate of drug-likeness (QED) is 0.718. The van der Waals surface area contributed by atoms with E-state index in [1.54, 1.807) is 12.1 Å². The van der Waals surface area contributed by atoms with Gasteiger partial charge >= 0.3 is 0 Å². The molecule has 7 heteroatoms. The highest BCUT2D eigenvalue weighted by Crippen LogP contribution is 2.32. The smallest absolute Gasteiger partial charge is 0.251 e. The average molecular weight is 445 g/mol. The molecule has 2 aromatic carbocycles. The van der Waals surface area contributed by atoms with Crippen LogP contribution in [0.15, 0.2) is 41.3 Å². The predicted molar refractivity (Wildman–Crippen MR) is 122 cm³/mol. The molecule has 0 spiro atoms. The number of rotatable bonds is 6. The summed E-state index contributed by atoms with van der Waals surface area (Å²) in [6, 6.07) is 10.4. The van der Waals surface area contributed by atoms with Gasteiger partial charge in [0, 0.05) is 18.2 Å². The molecule has 1 heterocycles. The van der Waals surface area contributed by atoms with E-state index in [9.17, 15) is 13.2 Å². The molecular formula is C24H32N2O4S. The monoisotopic (exact) mass is 444 g/mol. The lowest BCUT2D eigenvalue weighted by molar-refractivity contribution is 0.0939. The third kappa shape index (κ3) is 4.93. The van der Waals surface area contributed by atoms with Crippen LogP contribution in [-0.2, 0) is 10.0 Å². The molecule has 1 N–H and O–H groups in total. The Morgan fingerprint density at radius 3 is 2.58 bits per heavy atom. The second-order valence-electron chi connectivity index (χ2n) is 8.38. The topological polar surface area (TPSA) is 75.7 Å². The number of piperidine rings is 1. The Bertz CT molecular complexity index is 1070. The number of amides is 1. The van der Waals surface area contributed by atoms with Crippen LogP contribution in [0.1, 0.15) is 66.2 Å². The van der Waals surface area contributed by atoms with Gasteiger partial charge in [0.1, 0.15) is 10.6 Å². The third-order valence-electron chi connectivity index (χ3n) is 6.00. The SMILES string of the molecule is COc1ccc(C(=O)NC(C)c2cc(C)ccc2C)cc1S(=O)(=O)N1CCCCC1C. The van der Waals surface area contributed by atoms with Crippen LogP contribution < -0.4 is 10.1 Å². The number of ether oxygens (including phenoxy) is 1. The van der Waals surface area contributed by atoms with E-state index in [0.29, 0.717) is 12.1 Å². The van der Waals surface area contributed by atoms with Crippen LogP contribution in [0, 0.1) is 13.8 Å². The fourth-order valence-electron chi connectivity index (χ4n) is 4.16. The first-order valence-electron chi connectivity index (χ1n) is 10.7. The van der Waals surface area contributed by atoms with Crippen molar-refractivity contribution >= 4 is 15.9 Å². The minimum Gasteiger partial charge on any atom is -0.495 e. The highest BCUT2D eigenvalue weighted by atomic mass is 32.2. The predicted octanol–water partition coefficient (Wildman–Crippen LogP) is 4.37. The van der Waals surface area contributed by atoms with Gasteiger partial charge in [0.25, 0.3) is 5.91 Å². The minimum atomic E-state index is -3.77. The van der Waals surface area contributed by atoms with Gasteiger partial charge in [0.15, 0.2) is 0 Å². The molecule has 1 saturated heterocycles. The van der Waals surface area contributed by atoms with Gasteiger partial charge in [-0.15, -0.1) is 0 Å². The number of hydrogen-bond donors (Lipinski definition) is 1. The Morgan fingerprint density at radius 1 is 1.16 bits per heavy atom. The zero-order valence-electron chi connectivity index (χ0n) is 18.9. The molecular weight excluding hydrogens is 412 g/mol. The van der Waals surface area contributed by atoms with Gasteiger partial charge in [-0.2, -0.15) is 4.31 Å². The Balaban J connectivity index is 1.91. The maximum absolute atomic E-state index is 13.4. The standard InChI is InChI=1S/C24H32N2O4S/c1-16-9-10-17(2)21(14-16)19(4)25-24(27)20-11-12-22(30-5)23(15-20)31(28,29)26-13-7-6-8-18(26)3/h9-12,14-15,18-19H,6-8,13H2,1-5H3,(H,25,27). The fraction of sp³-hybridized carbons (Fsp3) is 0.458. The first-order chi connectivity index (χ1) is 14.6. The van der Waals surface area contributed by atoms with Crippen LogP contribution >= 0.6 is 0 Å². The molecule has 2 aromatic rings. The molecule has 2 atom stereocenters. The summed E-state index contributed by atoms with van der Waals surface area (Å²) in [7, 11) is -2.33. The Morgan fingerprint density at radius 2 is 1.90 bits per heavy atom. The van der Waals surface area contributed by atoms with E-state index in [2.05, 4.69) is 11.4 Å². The molecule has 1 aliphatic heterocycles. The van der Waals surface area contributed by atoms with Crippen LogP contribution in [0.25, 0.3) is 0 Å². The second-order valence-corrected chi connectivity index (χ2v) is 10.2. The van der Waals surface area contributed by atoms with Gasteiger partial charge in [0.2, 0.25) is 10.0 Å². The molecule has 6 nitrogen and oxygen atoms in total. The largest absolute Gasteiger partial charge is 0.495 e. The highest BCUT2D eigenvalue weighted by Gasteiger charge is 2.33. The number of nitrogens with one attached hydrogen (secondary N) is 1. The summed E-state index contributed by atoms with van der Waals surface area (Å²) in [6.07, 6.45) is 2.68. The summed E-state index contributed by atoms with van der Waals surface area (Å²) in [5.74, 6) is -0.0731. The van der Waals surface area contributed by atoms with E-state index in [-0.39, 0.29) is 28.6 Å². The van der Waals surface area contributed by atoms with Crippen molar-refractivity contribution in [3.63, 3.8) is 0 Å². The van der Waals surface area contributed by atoms with Crippen molar-refractivity contribution in [1.82, 2.24) is 9.62 Å². The van der Waals surface area contributed by atoms with Crippen LogP contribution in [0.3, 0.4) is 0 Å². The van der Waals surface area contributed by atoms with Crippen LogP contribution in [-0.4, -0.2) is 38.3 Å². The third-order valence-corrected chi connectivity index (χ3v) is 8.04. The summed E-state index contributed by atoms with van der Waals surface area (Å²) >= 11 is 0. The molecule has 1 fully saturated rings. The molecule has 0 radical (unpaired) electrons. The van der Waals surface area contributed by atoms with E-state index in [1.807, 2.05) is 39.8 Å². The molecule has 31 heavy (non-hydrogen) atoms. The Hall–Kier alpha value is -2.38. The van der Waals surface area contributed by atoms with Crippen LogP contribution in [0.4, 0.5) is 0 Å². The molecule has 168 valence electrons. The van der Waals surface area contributed by atoms with Gasteiger partial charge in [-0.05, 0) is 69.9 Å². The fourth-order valence-corrected chi connectivity index (χ4v) is 6.04. The summed E-state index contributed by atoms with van der Waals surface area (Å²) < 4.78 is 33.6. The lowest BCUT2D eigenvalue weighted by Gasteiger charge is -2.32. The van der Waals surface area contributed by atoms with Crippen molar-refractivity contribution in [2.75, 3.05) is 13.7 Å². The number of aryl methyl sites for hydroxylation is 2. The van der Waals surface area contributed by atoms with E-state index in [0.717, 1.165) is 36.0 Å².